The summed E-state index contributed by atoms with van der Waals surface area (Å²) in [4.78, 5) is -0.714. The fraction of sp³-hybridized carbons (Fsp3) is 0.143. The van der Waals surface area contributed by atoms with E-state index < -0.39 is 22.3 Å². The Morgan fingerprint density at radius 1 is 0.889 bits per heavy atom. The molecule has 0 amide bonds. The highest BCUT2D eigenvalue weighted by Gasteiger charge is 2.18. The zero-order valence-corrected chi connectivity index (χ0v) is 11.1. The molecule has 0 radical (unpaired) electrons. The van der Waals surface area contributed by atoms with Gasteiger partial charge in [-0.15, -0.1) is 0 Å². The molecule has 0 saturated heterocycles. The molecule has 0 aromatic heterocycles. The zero-order chi connectivity index (χ0) is 13.3. The molecule has 4 heteroatoms. The van der Waals surface area contributed by atoms with Crippen LogP contribution in [0.25, 0.3) is 0 Å². The lowest BCUT2D eigenvalue weighted by atomic mass is 10.0. The van der Waals surface area contributed by atoms with Gasteiger partial charge in [0.25, 0.3) is 0 Å². The monoisotopic (exact) mass is 314 g/mol. The number of hydrogen-bond acceptors (Lipinski definition) is 0. The molecule has 1 unspecified atom stereocenters. The summed E-state index contributed by atoms with van der Waals surface area (Å²) in [5, 5.41) is 0. The summed E-state index contributed by atoms with van der Waals surface area (Å²) in [5.41, 5.74) is 1.14. The Labute approximate surface area is 112 Å². The molecule has 0 saturated carbocycles. The van der Waals surface area contributed by atoms with Gasteiger partial charge in [-0.25, -0.2) is 13.2 Å². The van der Waals surface area contributed by atoms with Gasteiger partial charge < -0.3 is 0 Å². The Morgan fingerprint density at radius 2 is 1.61 bits per heavy atom. The van der Waals surface area contributed by atoms with E-state index in [0.717, 1.165) is 23.8 Å². The fourth-order valence-electron chi connectivity index (χ4n) is 1.71. The number of aryl methyl sites for hydroxylation is 1. The highest BCUT2D eigenvalue weighted by atomic mass is 79.9. The number of hydrogen-bond donors (Lipinski definition) is 0. The van der Waals surface area contributed by atoms with Crippen molar-refractivity contribution in [1.29, 1.82) is 0 Å². The van der Waals surface area contributed by atoms with Crippen LogP contribution in [0.15, 0.2) is 36.4 Å². The van der Waals surface area contributed by atoms with Crippen molar-refractivity contribution in [2.75, 3.05) is 0 Å². The number of halogens is 4. The van der Waals surface area contributed by atoms with E-state index in [0.29, 0.717) is 0 Å². The largest absolute Gasteiger partial charge is 0.207 e. The van der Waals surface area contributed by atoms with Crippen molar-refractivity contribution in [3.8, 4) is 0 Å². The maximum atomic E-state index is 13.8. The Bertz CT molecular complexity index is 581. The van der Waals surface area contributed by atoms with Crippen LogP contribution in [-0.2, 0) is 0 Å². The van der Waals surface area contributed by atoms with Crippen LogP contribution in [0.5, 0.6) is 0 Å². The lowest BCUT2D eigenvalue weighted by Crippen LogP contribution is -2.00. The number of rotatable bonds is 2. The average molecular weight is 315 g/mol. The summed E-state index contributed by atoms with van der Waals surface area (Å²) in [6, 6.07) is 7.78. The summed E-state index contributed by atoms with van der Waals surface area (Å²) < 4.78 is 40.5. The third-order valence-electron chi connectivity index (χ3n) is 2.66. The van der Waals surface area contributed by atoms with E-state index in [1.54, 1.807) is 19.1 Å². The van der Waals surface area contributed by atoms with Crippen LogP contribution in [0.2, 0.25) is 0 Å². The molecule has 2 rings (SSSR count). The van der Waals surface area contributed by atoms with Crippen LogP contribution in [0, 0.1) is 24.4 Å². The predicted octanol–water partition coefficient (Wildman–Crippen LogP) is 4.90. The van der Waals surface area contributed by atoms with Crippen molar-refractivity contribution >= 4 is 15.9 Å². The van der Waals surface area contributed by atoms with Gasteiger partial charge in [-0.1, -0.05) is 28.1 Å². The minimum Gasteiger partial charge on any atom is -0.207 e. The molecular weight excluding hydrogens is 305 g/mol. The van der Waals surface area contributed by atoms with Gasteiger partial charge in [0, 0.05) is 11.1 Å². The molecule has 0 aliphatic carbocycles. The molecule has 0 aliphatic heterocycles. The van der Waals surface area contributed by atoms with Crippen LogP contribution < -0.4 is 0 Å². The highest BCUT2D eigenvalue weighted by Crippen LogP contribution is 2.34. The normalized spacial score (nSPS) is 12.5. The van der Waals surface area contributed by atoms with E-state index in [9.17, 15) is 13.2 Å². The van der Waals surface area contributed by atoms with Gasteiger partial charge in [0.15, 0.2) is 0 Å². The van der Waals surface area contributed by atoms with E-state index >= 15 is 0 Å². The van der Waals surface area contributed by atoms with Crippen molar-refractivity contribution < 1.29 is 13.2 Å². The number of alkyl halides is 1. The molecule has 18 heavy (non-hydrogen) atoms. The molecule has 0 heterocycles. The third kappa shape index (κ3) is 2.58. The summed E-state index contributed by atoms with van der Waals surface area (Å²) >= 11 is 3.21. The first-order valence-corrected chi connectivity index (χ1v) is 6.25. The summed E-state index contributed by atoms with van der Waals surface area (Å²) in [7, 11) is 0. The van der Waals surface area contributed by atoms with Gasteiger partial charge in [-0.2, -0.15) is 0 Å². The average Bonchev–Trinajstić information content (AvgIpc) is 2.31. The van der Waals surface area contributed by atoms with Gasteiger partial charge in [0.05, 0.1) is 4.83 Å². The Hall–Kier alpha value is -1.29. The van der Waals surface area contributed by atoms with Gasteiger partial charge in [0.2, 0.25) is 0 Å². The summed E-state index contributed by atoms with van der Waals surface area (Å²) in [6.45, 7) is 1.76. The second-order valence-corrected chi connectivity index (χ2v) is 4.97. The van der Waals surface area contributed by atoms with Crippen molar-refractivity contribution in [2.45, 2.75) is 11.8 Å². The molecular formula is C14H10BrF3. The molecule has 0 fully saturated rings. The molecule has 0 spiro atoms. The second-order valence-electron chi connectivity index (χ2n) is 4.05. The Morgan fingerprint density at radius 3 is 2.28 bits per heavy atom. The Kier molecular flexibility index (Phi) is 3.76. The molecule has 0 aliphatic rings. The first-order valence-electron chi connectivity index (χ1n) is 5.34. The van der Waals surface area contributed by atoms with Crippen LogP contribution in [0.1, 0.15) is 21.5 Å². The summed E-state index contributed by atoms with van der Waals surface area (Å²) in [6.07, 6.45) is 0. The van der Waals surface area contributed by atoms with Gasteiger partial charge in [0.1, 0.15) is 17.5 Å². The summed E-state index contributed by atoms with van der Waals surface area (Å²) in [5.74, 6) is -1.57. The molecule has 0 N–H and O–H groups in total. The van der Waals surface area contributed by atoms with Gasteiger partial charge >= 0.3 is 0 Å². The van der Waals surface area contributed by atoms with E-state index in [1.165, 1.54) is 6.07 Å². The SMILES string of the molecule is Cc1ccc(C(Br)c2cc(F)ccc2F)c(F)c1. The van der Waals surface area contributed by atoms with Gasteiger partial charge in [-0.05, 0) is 36.8 Å². The van der Waals surface area contributed by atoms with E-state index in [4.69, 9.17) is 0 Å². The quantitative estimate of drug-likeness (QED) is 0.692. The smallest absolute Gasteiger partial charge is 0.128 e. The lowest BCUT2D eigenvalue weighted by Gasteiger charge is -2.13. The van der Waals surface area contributed by atoms with E-state index in [1.807, 2.05) is 0 Å². The predicted molar refractivity (Wildman–Crippen MR) is 68.3 cm³/mol. The molecule has 94 valence electrons. The highest BCUT2D eigenvalue weighted by molar-refractivity contribution is 9.09. The third-order valence-corrected chi connectivity index (χ3v) is 3.65. The molecule has 1 atom stereocenters. The van der Waals surface area contributed by atoms with Crippen molar-refractivity contribution in [1.82, 2.24) is 0 Å². The topological polar surface area (TPSA) is 0 Å². The van der Waals surface area contributed by atoms with Crippen LogP contribution in [0.3, 0.4) is 0 Å². The van der Waals surface area contributed by atoms with Crippen molar-refractivity contribution in [2.24, 2.45) is 0 Å². The second kappa shape index (κ2) is 5.14. The zero-order valence-electron chi connectivity index (χ0n) is 9.55. The minimum absolute atomic E-state index is 0.0813. The van der Waals surface area contributed by atoms with Crippen molar-refractivity contribution in [3.05, 3.63) is 70.5 Å². The first-order chi connectivity index (χ1) is 8.49. The van der Waals surface area contributed by atoms with Crippen LogP contribution in [-0.4, -0.2) is 0 Å². The number of benzene rings is 2. The molecule has 0 bridgehead atoms. The first kappa shape index (κ1) is 13.1. The van der Waals surface area contributed by atoms with Crippen LogP contribution in [0.4, 0.5) is 13.2 Å². The molecule has 2 aromatic carbocycles. The maximum Gasteiger partial charge on any atom is 0.128 e. The standard InChI is InChI=1S/C14H10BrF3/c1-8-2-4-10(13(18)6-8)14(15)11-7-9(16)3-5-12(11)17/h2-7,14H,1H3. The molecule has 2 aromatic rings. The van der Waals surface area contributed by atoms with E-state index in [-0.39, 0.29) is 11.1 Å². The van der Waals surface area contributed by atoms with E-state index in [2.05, 4.69) is 15.9 Å². The van der Waals surface area contributed by atoms with Gasteiger partial charge in [-0.3, -0.25) is 0 Å². The van der Waals surface area contributed by atoms with Crippen molar-refractivity contribution in [3.63, 3.8) is 0 Å². The fourth-order valence-corrected chi connectivity index (χ4v) is 2.44. The lowest BCUT2D eigenvalue weighted by molar-refractivity contribution is 0.581. The minimum atomic E-state index is -0.714. The Balaban J connectivity index is 2.47. The van der Waals surface area contributed by atoms with Crippen LogP contribution >= 0.6 is 15.9 Å². The molecule has 0 nitrogen and oxygen atoms in total. The maximum absolute atomic E-state index is 13.8.